The molecule has 1 N–H and O–H groups in total. The molecular weight excluding hydrogens is 316 g/mol. The number of nitrogens with one attached hydrogen (secondary N) is 1. The van der Waals surface area contributed by atoms with Crippen molar-refractivity contribution in [2.24, 2.45) is 5.10 Å². The average Bonchev–Trinajstić information content (AvgIpc) is 2.48. The molecule has 20 heavy (non-hydrogen) atoms. The van der Waals surface area contributed by atoms with Crippen molar-refractivity contribution in [3.05, 3.63) is 70.2 Å². The summed E-state index contributed by atoms with van der Waals surface area (Å²) < 4.78 is 0.991. The molecule has 0 atom stereocenters. The number of carbonyl (C=O) groups is 1. The van der Waals surface area contributed by atoms with Crippen LogP contribution in [0.5, 0.6) is 0 Å². The first-order chi connectivity index (χ1) is 9.70. The van der Waals surface area contributed by atoms with E-state index >= 15 is 0 Å². The molecule has 0 saturated heterocycles. The minimum absolute atomic E-state index is 0.202. The van der Waals surface area contributed by atoms with Crippen molar-refractivity contribution >= 4 is 27.5 Å². The lowest BCUT2D eigenvalue weighted by Gasteiger charge is -2.06. The summed E-state index contributed by atoms with van der Waals surface area (Å²) in [5, 5.41) is 4.23. The third kappa shape index (κ3) is 3.78. The molecule has 1 amide bonds. The van der Waals surface area contributed by atoms with E-state index in [0.29, 0.717) is 5.56 Å². The van der Waals surface area contributed by atoms with E-state index < -0.39 is 0 Å². The quantitative estimate of drug-likeness (QED) is 0.668. The minimum atomic E-state index is -0.202. The fraction of sp³-hybridized carbons (Fsp3) is 0.125. The highest BCUT2D eigenvalue weighted by Crippen LogP contribution is 2.13. The van der Waals surface area contributed by atoms with Gasteiger partial charge in [0.15, 0.2) is 0 Å². The number of nitrogens with zero attached hydrogens (tertiary/aromatic N) is 1. The molecule has 0 aliphatic heterocycles. The third-order valence-corrected chi connectivity index (χ3v) is 3.31. The molecule has 2 aromatic rings. The molecular formula is C16H15BrN2O. The number of amides is 1. The maximum absolute atomic E-state index is 11.9. The molecule has 102 valence electrons. The summed E-state index contributed by atoms with van der Waals surface area (Å²) in [5.74, 6) is -0.202. The van der Waals surface area contributed by atoms with Crippen LogP contribution in [0.15, 0.2) is 64.2 Å². The molecule has 0 fully saturated rings. The van der Waals surface area contributed by atoms with Crippen molar-refractivity contribution in [2.75, 3.05) is 0 Å². The van der Waals surface area contributed by atoms with E-state index in [-0.39, 0.29) is 5.91 Å². The molecule has 2 aromatic carbocycles. The summed E-state index contributed by atoms with van der Waals surface area (Å²) in [7, 11) is 0. The third-order valence-electron chi connectivity index (χ3n) is 2.82. The summed E-state index contributed by atoms with van der Waals surface area (Å²) >= 11 is 3.43. The van der Waals surface area contributed by atoms with Crippen LogP contribution in [0.25, 0.3) is 0 Å². The van der Waals surface area contributed by atoms with Gasteiger partial charge in [-0.1, -0.05) is 53.2 Å². The molecule has 0 radical (unpaired) electrons. The lowest BCUT2D eigenvalue weighted by molar-refractivity contribution is 0.0955. The molecule has 0 aliphatic carbocycles. The van der Waals surface area contributed by atoms with Crippen molar-refractivity contribution in [1.82, 2.24) is 5.43 Å². The zero-order valence-electron chi connectivity index (χ0n) is 11.1. The van der Waals surface area contributed by atoms with Gasteiger partial charge in [0.2, 0.25) is 0 Å². The number of rotatable bonds is 4. The molecule has 0 aliphatic rings. The summed E-state index contributed by atoms with van der Waals surface area (Å²) in [4.78, 5) is 11.9. The Hall–Kier alpha value is -1.94. The standard InChI is InChI=1S/C16H15BrN2O/c1-2-15(13-9-6-10-14(17)11-13)18-19-16(20)12-7-4-3-5-8-12/h3-11H,2H2,1H3,(H,19,20)/b18-15-. The summed E-state index contributed by atoms with van der Waals surface area (Å²) in [5.41, 5.74) is 5.04. The highest BCUT2D eigenvalue weighted by Gasteiger charge is 2.05. The summed E-state index contributed by atoms with van der Waals surface area (Å²) in [6, 6.07) is 16.9. The van der Waals surface area contributed by atoms with Crippen LogP contribution >= 0.6 is 15.9 Å². The van der Waals surface area contributed by atoms with E-state index in [1.807, 2.05) is 49.4 Å². The number of hydrazone groups is 1. The predicted octanol–water partition coefficient (Wildman–Crippen LogP) is 3.99. The van der Waals surface area contributed by atoms with E-state index in [9.17, 15) is 4.79 Å². The van der Waals surface area contributed by atoms with Crippen LogP contribution in [0.3, 0.4) is 0 Å². The number of hydrogen-bond donors (Lipinski definition) is 1. The van der Waals surface area contributed by atoms with E-state index in [1.54, 1.807) is 12.1 Å². The SMILES string of the molecule is CC/C(=N/NC(=O)c1ccccc1)c1cccc(Br)c1. The van der Waals surface area contributed by atoms with Gasteiger partial charge in [0.25, 0.3) is 5.91 Å². The summed E-state index contributed by atoms with van der Waals surface area (Å²) in [6.45, 7) is 2.01. The van der Waals surface area contributed by atoms with Crippen LogP contribution in [-0.2, 0) is 0 Å². The maximum Gasteiger partial charge on any atom is 0.271 e. The van der Waals surface area contributed by atoms with Crippen molar-refractivity contribution in [1.29, 1.82) is 0 Å². The van der Waals surface area contributed by atoms with Gasteiger partial charge < -0.3 is 0 Å². The molecule has 0 aromatic heterocycles. The molecule has 0 heterocycles. The fourth-order valence-corrected chi connectivity index (χ4v) is 2.19. The van der Waals surface area contributed by atoms with Crippen LogP contribution in [0.4, 0.5) is 0 Å². The van der Waals surface area contributed by atoms with Gasteiger partial charge in [0.1, 0.15) is 0 Å². The Bertz CT molecular complexity index is 623. The Balaban J connectivity index is 2.14. The van der Waals surface area contributed by atoms with Crippen LogP contribution in [0.2, 0.25) is 0 Å². The van der Waals surface area contributed by atoms with Crippen molar-refractivity contribution in [3.8, 4) is 0 Å². The molecule has 0 bridgehead atoms. The van der Waals surface area contributed by atoms with Gasteiger partial charge in [-0.05, 0) is 36.2 Å². The molecule has 0 unspecified atom stereocenters. The van der Waals surface area contributed by atoms with Crippen molar-refractivity contribution in [2.45, 2.75) is 13.3 Å². The van der Waals surface area contributed by atoms with Gasteiger partial charge in [-0.15, -0.1) is 0 Å². The molecule has 4 heteroatoms. The van der Waals surface area contributed by atoms with Crippen LogP contribution in [-0.4, -0.2) is 11.6 Å². The smallest absolute Gasteiger partial charge is 0.267 e. The van der Waals surface area contributed by atoms with E-state index in [2.05, 4.69) is 26.5 Å². The number of benzene rings is 2. The monoisotopic (exact) mass is 330 g/mol. The van der Waals surface area contributed by atoms with Crippen LogP contribution < -0.4 is 5.43 Å². The second kappa shape index (κ2) is 7.01. The van der Waals surface area contributed by atoms with Crippen LogP contribution in [0.1, 0.15) is 29.3 Å². The average molecular weight is 331 g/mol. The Kier molecular flexibility index (Phi) is 5.07. The van der Waals surface area contributed by atoms with Gasteiger partial charge in [-0.25, -0.2) is 5.43 Å². The number of carbonyl (C=O) groups excluding carboxylic acids is 1. The van der Waals surface area contributed by atoms with E-state index in [0.717, 1.165) is 22.2 Å². The van der Waals surface area contributed by atoms with Gasteiger partial charge in [-0.2, -0.15) is 5.10 Å². The highest BCUT2D eigenvalue weighted by atomic mass is 79.9. The fourth-order valence-electron chi connectivity index (χ4n) is 1.79. The van der Waals surface area contributed by atoms with Gasteiger partial charge in [0, 0.05) is 10.0 Å². The summed E-state index contributed by atoms with van der Waals surface area (Å²) in [6.07, 6.45) is 0.742. The Labute approximate surface area is 126 Å². The first-order valence-corrected chi connectivity index (χ1v) is 7.18. The normalized spacial score (nSPS) is 11.2. The van der Waals surface area contributed by atoms with E-state index in [4.69, 9.17) is 0 Å². The van der Waals surface area contributed by atoms with Gasteiger partial charge >= 0.3 is 0 Å². The van der Waals surface area contributed by atoms with Gasteiger partial charge in [0.05, 0.1) is 5.71 Å². The van der Waals surface area contributed by atoms with Crippen molar-refractivity contribution < 1.29 is 4.79 Å². The zero-order valence-corrected chi connectivity index (χ0v) is 12.7. The van der Waals surface area contributed by atoms with E-state index in [1.165, 1.54) is 0 Å². The second-order valence-electron chi connectivity index (χ2n) is 4.23. The lowest BCUT2D eigenvalue weighted by atomic mass is 10.1. The Morgan fingerprint density at radius 1 is 1.10 bits per heavy atom. The molecule has 0 spiro atoms. The largest absolute Gasteiger partial charge is 0.271 e. The van der Waals surface area contributed by atoms with Gasteiger partial charge in [-0.3, -0.25) is 4.79 Å². The van der Waals surface area contributed by atoms with Crippen LogP contribution in [0, 0.1) is 0 Å². The first-order valence-electron chi connectivity index (χ1n) is 6.38. The topological polar surface area (TPSA) is 41.5 Å². The Morgan fingerprint density at radius 2 is 1.80 bits per heavy atom. The van der Waals surface area contributed by atoms with Crippen molar-refractivity contribution in [3.63, 3.8) is 0 Å². The lowest BCUT2D eigenvalue weighted by Crippen LogP contribution is -2.19. The zero-order chi connectivity index (χ0) is 14.4. The Morgan fingerprint density at radius 3 is 2.45 bits per heavy atom. The highest BCUT2D eigenvalue weighted by molar-refractivity contribution is 9.10. The predicted molar refractivity (Wildman–Crippen MR) is 84.9 cm³/mol. The second-order valence-corrected chi connectivity index (χ2v) is 5.15. The molecule has 0 saturated carbocycles. The number of halogens is 1. The first kappa shape index (κ1) is 14.5. The minimum Gasteiger partial charge on any atom is -0.267 e. The molecule has 3 nitrogen and oxygen atoms in total. The maximum atomic E-state index is 11.9. The molecule has 2 rings (SSSR count). The number of hydrogen-bond acceptors (Lipinski definition) is 2.